The first kappa shape index (κ1) is 18.1. The molecule has 5 rings (SSSR count). The minimum absolute atomic E-state index is 0.0381. The van der Waals surface area contributed by atoms with E-state index in [1.165, 1.54) is 17.6 Å². The molecular formula is C21H19BrN6O. The first-order valence-corrected chi connectivity index (χ1v) is 10.3. The van der Waals surface area contributed by atoms with Crippen LogP contribution in [0.1, 0.15) is 22.9 Å². The molecule has 0 radical (unpaired) electrons. The number of carbonyl (C=O) groups is 1. The summed E-state index contributed by atoms with van der Waals surface area (Å²) in [6.07, 6.45) is 2.87. The number of benzene rings is 2. The van der Waals surface area contributed by atoms with Gasteiger partial charge in [-0.05, 0) is 38.0 Å². The van der Waals surface area contributed by atoms with Gasteiger partial charge < -0.3 is 9.88 Å². The number of carbonyl (C=O) groups excluding carboxylic acids is 1. The van der Waals surface area contributed by atoms with Gasteiger partial charge in [-0.1, -0.05) is 42.5 Å². The van der Waals surface area contributed by atoms with Crippen LogP contribution in [-0.4, -0.2) is 42.5 Å². The summed E-state index contributed by atoms with van der Waals surface area (Å²) in [5.41, 5.74) is 4.57. The van der Waals surface area contributed by atoms with E-state index in [-0.39, 0.29) is 5.91 Å². The lowest BCUT2D eigenvalue weighted by Gasteiger charge is -2.30. The van der Waals surface area contributed by atoms with Crippen LogP contribution in [0, 0.1) is 0 Å². The highest BCUT2D eigenvalue weighted by atomic mass is 79.9. The number of nitrogens with one attached hydrogen (secondary N) is 1. The number of aromatic amines is 1. The van der Waals surface area contributed by atoms with Crippen molar-refractivity contribution in [3.63, 3.8) is 0 Å². The summed E-state index contributed by atoms with van der Waals surface area (Å²) in [6, 6.07) is 15.7. The van der Waals surface area contributed by atoms with Gasteiger partial charge in [-0.2, -0.15) is 0 Å². The topological polar surface area (TPSA) is 79.7 Å². The van der Waals surface area contributed by atoms with Crippen LogP contribution < -0.4 is 0 Å². The van der Waals surface area contributed by atoms with Crippen LogP contribution in [0.2, 0.25) is 0 Å². The van der Waals surface area contributed by atoms with Crippen molar-refractivity contribution in [3.05, 3.63) is 76.2 Å². The molecule has 0 bridgehead atoms. The number of hydrogen-bond donors (Lipinski definition) is 1. The van der Waals surface area contributed by atoms with Gasteiger partial charge >= 0.3 is 0 Å². The van der Waals surface area contributed by atoms with Crippen molar-refractivity contribution < 1.29 is 4.79 Å². The number of aromatic nitrogens is 5. The summed E-state index contributed by atoms with van der Waals surface area (Å²) in [5.74, 6) is 0.0381. The molecule has 1 N–H and O–H groups in total. The van der Waals surface area contributed by atoms with E-state index in [0.717, 1.165) is 27.4 Å². The quantitative estimate of drug-likeness (QED) is 0.517. The molecule has 0 fully saturated rings. The molecule has 1 aliphatic heterocycles. The van der Waals surface area contributed by atoms with Gasteiger partial charge in [-0.15, -0.1) is 5.10 Å². The van der Waals surface area contributed by atoms with Crippen LogP contribution in [-0.2, 0) is 24.2 Å². The predicted molar refractivity (Wildman–Crippen MR) is 112 cm³/mol. The first-order valence-electron chi connectivity index (χ1n) is 9.54. The third-order valence-electron chi connectivity index (χ3n) is 5.51. The van der Waals surface area contributed by atoms with Crippen molar-refractivity contribution in [2.45, 2.75) is 25.4 Å². The molecule has 1 unspecified atom stereocenters. The largest absolute Gasteiger partial charge is 0.357 e. The number of H-pyrrole nitrogens is 1. The maximum absolute atomic E-state index is 13.5. The van der Waals surface area contributed by atoms with Gasteiger partial charge in [0, 0.05) is 47.0 Å². The Labute approximate surface area is 175 Å². The van der Waals surface area contributed by atoms with Crippen molar-refractivity contribution in [2.24, 2.45) is 0 Å². The molecule has 2 aromatic heterocycles. The normalized spacial score (nSPS) is 14.7. The summed E-state index contributed by atoms with van der Waals surface area (Å²) in [4.78, 5) is 19.0. The van der Waals surface area contributed by atoms with E-state index in [1.807, 2.05) is 47.4 Å². The number of tetrazole rings is 1. The Balaban J connectivity index is 1.46. The SMILES string of the molecule is O=C(C(Cc1ccccc1)n1cnnn1)N1CCc2[nH]c3c(Br)cccc3c2C1. The maximum atomic E-state index is 13.5. The van der Waals surface area contributed by atoms with Crippen LogP contribution in [0.4, 0.5) is 0 Å². The van der Waals surface area contributed by atoms with E-state index < -0.39 is 6.04 Å². The molecule has 29 heavy (non-hydrogen) atoms. The molecule has 1 amide bonds. The van der Waals surface area contributed by atoms with Gasteiger partial charge in [0.05, 0.1) is 5.52 Å². The van der Waals surface area contributed by atoms with Gasteiger partial charge in [-0.25, -0.2) is 4.68 Å². The Kier molecular flexibility index (Phi) is 4.63. The molecule has 4 aromatic rings. The highest BCUT2D eigenvalue weighted by molar-refractivity contribution is 9.10. The zero-order valence-corrected chi connectivity index (χ0v) is 17.2. The third-order valence-corrected chi connectivity index (χ3v) is 6.17. The lowest BCUT2D eigenvalue weighted by molar-refractivity contribution is -0.136. The minimum Gasteiger partial charge on any atom is -0.357 e. The smallest absolute Gasteiger partial charge is 0.248 e. The van der Waals surface area contributed by atoms with Crippen LogP contribution >= 0.6 is 15.9 Å². The second-order valence-corrected chi connectivity index (χ2v) is 8.10. The molecule has 8 heteroatoms. The van der Waals surface area contributed by atoms with Crippen molar-refractivity contribution in [1.82, 2.24) is 30.1 Å². The van der Waals surface area contributed by atoms with Crippen molar-refractivity contribution in [1.29, 1.82) is 0 Å². The summed E-state index contributed by atoms with van der Waals surface area (Å²) in [7, 11) is 0. The Morgan fingerprint density at radius 2 is 2.03 bits per heavy atom. The maximum Gasteiger partial charge on any atom is 0.248 e. The number of hydrogen-bond acceptors (Lipinski definition) is 4. The molecule has 7 nitrogen and oxygen atoms in total. The number of fused-ring (bicyclic) bond motifs is 3. The molecule has 146 valence electrons. The third kappa shape index (κ3) is 3.33. The average Bonchev–Trinajstić information content (AvgIpc) is 3.41. The second-order valence-electron chi connectivity index (χ2n) is 7.25. The fourth-order valence-electron chi connectivity index (χ4n) is 4.04. The Morgan fingerprint density at radius 1 is 1.17 bits per heavy atom. The van der Waals surface area contributed by atoms with E-state index in [0.29, 0.717) is 19.5 Å². The summed E-state index contributed by atoms with van der Waals surface area (Å²) in [6.45, 7) is 1.25. The molecule has 3 heterocycles. The van der Waals surface area contributed by atoms with Crippen molar-refractivity contribution in [2.75, 3.05) is 6.54 Å². The lowest BCUT2D eigenvalue weighted by atomic mass is 10.0. The number of amides is 1. The number of rotatable bonds is 4. The van der Waals surface area contributed by atoms with E-state index >= 15 is 0 Å². The number of para-hydroxylation sites is 1. The zero-order valence-electron chi connectivity index (χ0n) is 15.6. The van der Waals surface area contributed by atoms with Crippen LogP contribution in [0.3, 0.4) is 0 Å². The zero-order chi connectivity index (χ0) is 19.8. The molecule has 0 saturated heterocycles. The van der Waals surface area contributed by atoms with Crippen molar-refractivity contribution in [3.8, 4) is 0 Å². The Hall–Kier alpha value is -3.00. The Morgan fingerprint density at radius 3 is 2.83 bits per heavy atom. The Bertz CT molecular complexity index is 1150. The minimum atomic E-state index is -0.467. The predicted octanol–water partition coefficient (Wildman–Crippen LogP) is 3.29. The van der Waals surface area contributed by atoms with Gasteiger partial charge in [-0.3, -0.25) is 4.79 Å². The summed E-state index contributed by atoms with van der Waals surface area (Å²) >= 11 is 3.62. The fraction of sp³-hybridized carbons (Fsp3) is 0.238. The molecular weight excluding hydrogens is 432 g/mol. The molecule has 2 aromatic carbocycles. The van der Waals surface area contributed by atoms with E-state index in [1.54, 1.807) is 4.68 Å². The lowest BCUT2D eigenvalue weighted by Crippen LogP contribution is -2.41. The highest BCUT2D eigenvalue weighted by Gasteiger charge is 2.31. The van der Waals surface area contributed by atoms with E-state index in [2.05, 4.69) is 42.5 Å². The van der Waals surface area contributed by atoms with Crippen LogP contribution in [0.15, 0.2) is 59.3 Å². The van der Waals surface area contributed by atoms with Gasteiger partial charge in [0.1, 0.15) is 12.4 Å². The summed E-state index contributed by atoms with van der Waals surface area (Å²) in [5, 5.41) is 12.7. The monoisotopic (exact) mass is 450 g/mol. The molecule has 0 saturated carbocycles. The molecule has 0 aliphatic carbocycles. The first-order chi connectivity index (χ1) is 14.2. The van der Waals surface area contributed by atoms with E-state index in [9.17, 15) is 4.79 Å². The highest BCUT2D eigenvalue weighted by Crippen LogP contribution is 2.32. The van der Waals surface area contributed by atoms with E-state index in [4.69, 9.17) is 0 Å². The molecule has 1 aliphatic rings. The van der Waals surface area contributed by atoms with Crippen molar-refractivity contribution >= 4 is 32.7 Å². The second kappa shape index (κ2) is 7.44. The molecule has 0 spiro atoms. The van der Waals surface area contributed by atoms with Crippen LogP contribution in [0.25, 0.3) is 10.9 Å². The number of halogens is 1. The summed E-state index contributed by atoms with van der Waals surface area (Å²) < 4.78 is 2.61. The number of nitrogens with zero attached hydrogens (tertiary/aromatic N) is 5. The van der Waals surface area contributed by atoms with Crippen LogP contribution in [0.5, 0.6) is 0 Å². The van der Waals surface area contributed by atoms with Gasteiger partial charge in [0.25, 0.3) is 0 Å². The van der Waals surface area contributed by atoms with Gasteiger partial charge in [0.2, 0.25) is 5.91 Å². The molecule has 1 atom stereocenters. The fourth-order valence-corrected chi connectivity index (χ4v) is 4.51. The van der Waals surface area contributed by atoms with Gasteiger partial charge in [0.15, 0.2) is 0 Å². The average molecular weight is 451 g/mol. The standard InChI is InChI=1S/C21H19BrN6O/c22-17-8-4-7-15-16-12-27(10-9-18(16)24-20(15)17)21(29)19(28-13-23-25-26-28)11-14-5-2-1-3-6-14/h1-8,13,19,24H,9-12H2.